The molecule has 10 aromatic carbocycles. The number of fused-ring (bicyclic) bond motifs is 10. The van der Waals surface area contributed by atoms with Crippen molar-refractivity contribution in [2.45, 2.75) is 118 Å². The second-order valence-corrected chi connectivity index (χ2v) is 29.6. The Hall–Kier alpha value is -9.32. The molecule has 0 saturated carbocycles. The minimum Gasteiger partial charge on any atom is -0.334 e. The lowest BCUT2D eigenvalue weighted by Gasteiger charge is -2.53. The van der Waals surface area contributed by atoms with E-state index >= 15 is 0 Å². The van der Waals surface area contributed by atoms with Gasteiger partial charge >= 0.3 is 0 Å². The number of para-hydroxylation sites is 4. The predicted octanol–water partition coefficient (Wildman–Crippen LogP) is 21.7. The molecule has 4 heterocycles. The van der Waals surface area contributed by atoms with E-state index in [-0.39, 0.29) is 23.6 Å². The lowest BCUT2D eigenvalue weighted by molar-refractivity contribution is 0.220. The number of allylic oxidation sites excluding steroid dienone is 4. The van der Waals surface area contributed by atoms with Gasteiger partial charge in [-0.3, -0.25) is 0 Å². The molecule has 4 nitrogen and oxygen atoms in total. The average Bonchev–Trinajstić information content (AvgIpc) is 1.20. The van der Waals surface area contributed by atoms with Gasteiger partial charge < -0.3 is 18.9 Å². The molecule has 0 amide bonds. The third kappa shape index (κ3) is 9.45. The molecule has 5 heteroatoms. The van der Waals surface area contributed by atoms with Gasteiger partial charge in [0.15, 0.2) is 0 Å². The molecule has 3 aliphatic carbocycles. The third-order valence-corrected chi connectivity index (χ3v) is 22.1. The average molecular weight is 1210 g/mol. The molecule has 2 aromatic heterocycles. The van der Waals surface area contributed by atoms with E-state index in [1.165, 1.54) is 147 Å². The number of benzene rings is 10. The smallest absolute Gasteiger partial charge is 0.252 e. The van der Waals surface area contributed by atoms with Crippen LogP contribution in [0.5, 0.6) is 0 Å². The first-order chi connectivity index (χ1) is 45.4. The molecule has 17 rings (SSSR count). The van der Waals surface area contributed by atoms with E-state index in [4.69, 9.17) is 0 Å². The Morgan fingerprint density at radius 2 is 1.03 bits per heavy atom. The fourth-order valence-electron chi connectivity index (χ4n) is 17.5. The first-order valence-electron chi connectivity index (χ1n) is 34.8. The molecular weight excluding hydrogens is 1120 g/mol. The lowest BCUT2D eigenvalue weighted by Crippen LogP contribution is -2.64. The summed E-state index contributed by atoms with van der Waals surface area (Å²) in [6.07, 6.45) is 20.8. The first kappa shape index (κ1) is 57.6. The summed E-state index contributed by atoms with van der Waals surface area (Å²) in [6, 6.07) is 84.6. The quantitative estimate of drug-likeness (QED) is 0.106. The van der Waals surface area contributed by atoms with Crippen molar-refractivity contribution in [1.82, 2.24) is 9.13 Å². The third-order valence-electron chi connectivity index (χ3n) is 22.1. The van der Waals surface area contributed by atoms with E-state index in [9.17, 15) is 0 Å². The number of anilines is 5. The monoisotopic (exact) mass is 1210 g/mol. The summed E-state index contributed by atoms with van der Waals surface area (Å²) in [4.78, 5) is 5.80. The van der Waals surface area contributed by atoms with Crippen LogP contribution in [0.15, 0.2) is 254 Å². The van der Waals surface area contributed by atoms with E-state index in [2.05, 4.69) is 310 Å². The van der Waals surface area contributed by atoms with Crippen LogP contribution in [0, 0.1) is 23.2 Å². The summed E-state index contributed by atoms with van der Waals surface area (Å²) < 4.78 is 5.10. The van der Waals surface area contributed by atoms with Crippen LogP contribution in [0.4, 0.5) is 28.4 Å². The van der Waals surface area contributed by atoms with Crippen molar-refractivity contribution in [3.05, 3.63) is 265 Å². The first-order valence-corrected chi connectivity index (χ1v) is 34.8. The molecule has 0 fully saturated rings. The van der Waals surface area contributed by atoms with Crippen molar-refractivity contribution in [2.24, 2.45) is 23.2 Å². The molecule has 0 spiro atoms. The number of aromatic nitrogens is 2. The maximum atomic E-state index is 3.01. The van der Waals surface area contributed by atoms with Crippen molar-refractivity contribution >= 4 is 95.1 Å². The van der Waals surface area contributed by atoms with Crippen LogP contribution in [0.1, 0.15) is 111 Å². The Labute approximate surface area is 550 Å². The fraction of sp³-hybridized carbons (Fsp3) is 0.250. The van der Waals surface area contributed by atoms with Gasteiger partial charge in [-0.15, -0.1) is 0 Å². The number of hydrogen-bond donors (Lipinski definition) is 0. The SMILES string of the molecule is CCc1cc2c3c(c1)N(C1C(C4CC=CCC4)=CC(C(C)(C)C)CC1C1=CCCCC1)c1cc(-n4c5ccccc5c5ccccc54)ccc1B3c1ccc(-n3c4ccccc4c4ccccc43)cc1N2c1c(-c2ccccc2)cc(C(C)(C)C)cc1-c1ccccc1. The highest BCUT2D eigenvalue weighted by Crippen LogP contribution is 2.55. The van der Waals surface area contributed by atoms with Crippen LogP contribution in [0.3, 0.4) is 0 Å². The maximum Gasteiger partial charge on any atom is 0.252 e. The number of rotatable bonds is 9. The van der Waals surface area contributed by atoms with Crippen LogP contribution in [-0.2, 0) is 11.8 Å². The maximum absolute atomic E-state index is 3.01. The number of nitrogens with zero attached hydrogens (tertiary/aromatic N) is 4. The molecule has 2 aliphatic heterocycles. The van der Waals surface area contributed by atoms with E-state index in [1.54, 1.807) is 11.1 Å². The highest BCUT2D eigenvalue weighted by Gasteiger charge is 2.50. The molecule has 4 unspecified atom stereocenters. The van der Waals surface area contributed by atoms with Crippen LogP contribution in [0.2, 0.25) is 0 Å². The molecular formula is C88H83BN4. The summed E-state index contributed by atoms with van der Waals surface area (Å²) in [5.41, 5.74) is 28.5. The Balaban J connectivity index is 1.03. The van der Waals surface area contributed by atoms with Crippen molar-refractivity contribution in [2.75, 3.05) is 9.80 Å². The Morgan fingerprint density at radius 1 is 0.505 bits per heavy atom. The summed E-state index contributed by atoms with van der Waals surface area (Å²) in [7, 11) is 0. The van der Waals surface area contributed by atoms with Gasteiger partial charge in [-0.1, -0.05) is 224 Å². The number of aryl methyl sites for hydroxylation is 1. The zero-order valence-electron chi connectivity index (χ0n) is 55.1. The van der Waals surface area contributed by atoms with Gasteiger partial charge in [0.25, 0.3) is 6.71 Å². The molecule has 4 atom stereocenters. The molecule has 0 N–H and O–H groups in total. The molecule has 0 bridgehead atoms. The Morgan fingerprint density at radius 3 is 1.54 bits per heavy atom. The molecule has 12 aromatic rings. The summed E-state index contributed by atoms with van der Waals surface area (Å²) in [5, 5.41) is 5.09. The van der Waals surface area contributed by atoms with Gasteiger partial charge in [0.2, 0.25) is 0 Å². The predicted molar refractivity (Wildman–Crippen MR) is 398 cm³/mol. The van der Waals surface area contributed by atoms with E-state index in [0.717, 1.165) is 44.2 Å². The fourth-order valence-corrected chi connectivity index (χ4v) is 17.5. The highest BCUT2D eigenvalue weighted by molar-refractivity contribution is 7.00. The lowest BCUT2D eigenvalue weighted by atomic mass is 9.33. The van der Waals surface area contributed by atoms with Crippen LogP contribution in [-0.4, -0.2) is 21.9 Å². The van der Waals surface area contributed by atoms with Crippen LogP contribution >= 0.6 is 0 Å². The standard InChI is InChI=1S/C88H83BN4/c1-8-57-49-82-84-83(50-57)93(86-72(60-33-17-11-18-34-60)53-63(88(5,6)7)54-73(86)61-35-19-12-20-36-61)81-56-65(91-78-43-27-23-39-68(78)69-40-24-28-44-79(69)91)46-48-75(81)89(84)74-47-45-64(90-76-41-25-21-37-66(76)67-38-22-26-42-77(67)90)55-80(74)92(82)85-70(58-29-13-9-14-30-58)51-62(87(2,3)4)52-71(85)59-31-15-10-16-32-59/h9-11,13-17,21-32,35,37-53,55-56,60,63,73,86H,8,12,18-20,33-34,36,54H2,1-7H3. The van der Waals surface area contributed by atoms with Gasteiger partial charge in [0, 0.05) is 72.7 Å². The topological polar surface area (TPSA) is 16.3 Å². The summed E-state index contributed by atoms with van der Waals surface area (Å²) in [5.74, 6) is 1.19. The van der Waals surface area contributed by atoms with Crippen molar-refractivity contribution in [3.8, 4) is 33.6 Å². The normalized spacial score (nSPS) is 18.8. The zero-order valence-corrected chi connectivity index (χ0v) is 55.1. The van der Waals surface area contributed by atoms with Gasteiger partial charge in [-0.2, -0.15) is 0 Å². The van der Waals surface area contributed by atoms with Crippen molar-refractivity contribution in [3.63, 3.8) is 0 Å². The minimum absolute atomic E-state index is 0.0899. The Bertz CT molecular complexity index is 4870. The van der Waals surface area contributed by atoms with Gasteiger partial charge in [-0.25, -0.2) is 0 Å². The van der Waals surface area contributed by atoms with Gasteiger partial charge in [0.05, 0.1) is 33.8 Å². The highest BCUT2D eigenvalue weighted by atomic mass is 15.2. The molecule has 458 valence electrons. The van der Waals surface area contributed by atoms with E-state index < -0.39 is 0 Å². The van der Waals surface area contributed by atoms with Crippen molar-refractivity contribution < 1.29 is 0 Å². The molecule has 5 aliphatic rings. The van der Waals surface area contributed by atoms with Crippen LogP contribution in [0.25, 0.3) is 77.2 Å². The minimum atomic E-state index is -0.139. The largest absolute Gasteiger partial charge is 0.334 e. The second-order valence-electron chi connectivity index (χ2n) is 29.6. The summed E-state index contributed by atoms with van der Waals surface area (Å²) >= 11 is 0. The van der Waals surface area contributed by atoms with Crippen LogP contribution < -0.4 is 26.2 Å². The van der Waals surface area contributed by atoms with Gasteiger partial charge in [0.1, 0.15) is 0 Å². The van der Waals surface area contributed by atoms with E-state index in [1.807, 2.05) is 0 Å². The zero-order chi connectivity index (χ0) is 62.9. The second kappa shape index (κ2) is 22.5. The number of hydrogen-bond acceptors (Lipinski definition) is 2. The summed E-state index contributed by atoms with van der Waals surface area (Å²) in [6.45, 7) is 17.0. The Kier molecular flexibility index (Phi) is 13.9. The molecule has 0 saturated heterocycles. The van der Waals surface area contributed by atoms with Gasteiger partial charge in [-0.05, 0) is 197 Å². The molecule has 0 radical (unpaired) electrons. The van der Waals surface area contributed by atoms with Crippen molar-refractivity contribution in [1.29, 1.82) is 0 Å². The molecule has 93 heavy (non-hydrogen) atoms. The van der Waals surface area contributed by atoms with E-state index in [0.29, 0.717) is 17.8 Å².